The van der Waals surface area contributed by atoms with Crippen molar-refractivity contribution in [1.29, 1.82) is 0 Å². The van der Waals surface area contributed by atoms with Gasteiger partial charge in [-0.1, -0.05) is 0 Å². The number of hydrogen-bond acceptors (Lipinski definition) is 3. The third-order valence-electron chi connectivity index (χ3n) is 2.76. The van der Waals surface area contributed by atoms with Crippen LogP contribution < -0.4 is 5.32 Å². The van der Waals surface area contributed by atoms with Gasteiger partial charge < -0.3 is 9.88 Å². The van der Waals surface area contributed by atoms with Crippen molar-refractivity contribution >= 4 is 27.3 Å². The SMILES string of the molecule is CC(NCCc1nccn1C)c1sccc1Br. The second kappa shape index (κ2) is 5.80. The summed E-state index contributed by atoms with van der Waals surface area (Å²) in [6, 6.07) is 2.47. The predicted octanol–water partition coefficient (Wildman–Crippen LogP) is 3.14. The van der Waals surface area contributed by atoms with Crippen molar-refractivity contribution in [2.45, 2.75) is 19.4 Å². The molecule has 17 heavy (non-hydrogen) atoms. The molecule has 5 heteroatoms. The molecule has 92 valence electrons. The first kappa shape index (κ1) is 12.8. The van der Waals surface area contributed by atoms with Crippen LogP contribution in [0.25, 0.3) is 0 Å². The third-order valence-corrected chi connectivity index (χ3v) is 4.81. The van der Waals surface area contributed by atoms with Gasteiger partial charge in [0, 0.05) is 47.8 Å². The van der Waals surface area contributed by atoms with E-state index < -0.39 is 0 Å². The maximum Gasteiger partial charge on any atom is 0.109 e. The summed E-state index contributed by atoms with van der Waals surface area (Å²) in [6.45, 7) is 3.13. The van der Waals surface area contributed by atoms with E-state index in [1.54, 1.807) is 11.3 Å². The molecule has 0 aliphatic rings. The van der Waals surface area contributed by atoms with Gasteiger partial charge in [-0.05, 0) is 34.3 Å². The molecule has 0 aromatic carbocycles. The van der Waals surface area contributed by atoms with Gasteiger partial charge in [0.05, 0.1) is 0 Å². The lowest BCUT2D eigenvalue weighted by Gasteiger charge is -2.12. The molecule has 2 aromatic heterocycles. The number of halogens is 1. The van der Waals surface area contributed by atoms with Gasteiger partial charge in [0.25, 0.3) is 0 Å². The summed E-state index contributed by atoms with van der Waals surface area (Å²) < 4.78 is 3.26. The van der Waals surface area contributed by atoms with Crippen molar-refractivity contribution in [3.8, 4) is 0 Å². The summed E-state index contributed by atoms with van der Waals surface area (Å²) in [7, 11) is 2.03. The highest BCUT2D eigenvalue weighted by atomic mass is 79.9. The highest BCUT2D eigenvalue weighted by Gasteiger charge is 2.10. The highest BCUT2D eigenvalue weighted by molar-refractivity contribution is 9.10. The van der Waals surface area contributed by atoms with Crippen LogP contribution >= 0.6 is 27.3 Å². The number of imidazole rings is 1. The standard InChI is InChI=1S/C12H16BrN3S/c1-9(12-10(13)4-8-17-12)14-5-3-11-15-6-7-16(11)2/h4,6-9,14H,3,5H2,1-2H3. The van der Waals surface area contributed by atoms with E-state index in [2.05, 4.69) is 49.2 Å². The molecule has 0 saturated carbocycles. The molecule has 1 N–H and O–H groups in total. The van der Waals surface area contributed by atoms with Gasteiger partial charge in [0.1, 0.15) is 5.82 Å². The van der Waals surface area contributed by atoms with E-state index in [1.165, 1.54) is 9.35 Å². The van der Waals surface area contributed by atoms with E-state index in [0.717, 1.165) is 18.8 Å². The predicted molar refractivity (Wildman–Crippen MR) is 75.3 cm³/mol. The molecule has 0 radical (unpaired) electrons. The Morgan fingerprint density at radius 3 is 3.00 bits per heavy atom. The topological polar surface area (TPSA) is 29.9 Å². The van der Waals surface area contributed by atoms with Crippen molar-refractivity contribution in [3.63, 3.8) is 0 Å². The molecule has 0 bridgehead atoms. The van der Waals surface area contributed by atoms with Crippen LogP contribution in [0, 0.1) is 0 Å². The lowest BCUT2D eigenvalue weighted by atomic mass is 10.2. The molecule has 0 spiro atoms. The molecule has 0 aliphatic heterocycles. The second-order valence-electron chi connectivity index (χ2n) is 4.01. The lowest BCUT2D eigenvalue weighted by molar-refractivity contribution is 0.570. The van der Waals surface area contributed by atoms with Gasteiger partial charge in [0.2, 0.25) is 0 Å². The molecule has 2 aromatic rings. The van der Waals surface area contributed by atoms with Crippen LogP contribution in [0.5, 0.6) is 0 Å². The first-order chi connectivity index (χ1) is 8.18. The summed E-state index contributed by atoms with van der Waals surface area (Å²) >= 11 is 5.34. The minimum Gasteiger partial charge on any atom is -0.338 e. The molecule has 2 heterocycles. The molecular formula is C12H16BrN3S. The van der Waals surface area contributed by atoms with E-state index in [9.17, 15) is 0 Å². The Kier molecular flexibility index (Phi) is 4.36. The van der Waals surface area contributed by atoms with Crippen molar-refractivity contribution in [3.05, 3.63) is 39.0 Å². The molecule has 2 rings (SSSR count). The summed E-state index contributed by atoms with van der Waals surface area (Å²) in [5.74, 6) is 1.12. The molecular weight excluding hydrogens is 298 g/mol. The lowest BCUT2D eigenvalue weighted by Crippen LogP contribution is -2.21. The van der Waals surface area contributed by atoms with E-state index in [-0.39, 0.29) is 0 Å². The Labute approximate surface area is 114 Å². The molecule has 0 amide bonds. The van der Waals surface area contributed by atoms with E-state index in [0.29, 0.717) is 6.04 Å². The number of aryl methyl sites for hydroxylation is 1. The van der Waals surface area contributed by atoms with Crippen LogP contribution in [0.4, 0.5) is 0 Å². The fourth-order valence-electron chi connectivity index (χ4n) is 1.74. The number of aromatic nitrogens is 2. The zero-order chi connectivity index (χ0) is 12.3. The Morgan fingerprint density at radius 2 is 2.41 bits per heavy atom. The smallest absolute Gasteiger partial charge is 0.109 e. The fourth-order valence-corrected chi connectivity index (χ4v) is 3.49. The Hall–Kier alpha value is -0.650. The molecule has 1 atom stereocenters. The maximum atomic E-state index is 4.31. The van der Waals surface area contributed by atoms with Crippen molar-refractivity contribution < 1.29 is 0 Å². The first-order valence-electron chi connectivity index (χ1n) is 5.61. The van der Waals surface area contributed by atoms with Crippen LogP contribution in [0.2, 0.25) is 0 Å². The van der Waals surface area contributed by atoms with Crippen LogP contribution in [0.3, 0.4) is 0 Å². The quantitative estimate of drug-likeness (QED) is 0.919. The molecule has 0 aliphatic carbocycles. The van der Waals surface area contributed by atoms with Gasteiger partial charge in [0.15, 0.2) is 0 Å². The summed E-state index contributed by atoms with van der Waals surface area (Å²) in [4.78, 5) is 5.66. The second-order valence-corrected chi connectivity index (χ2v) is 5.82. The van der Waals surface area contributed by atoms with Crippen LogP contribution in [-0.2, 0) is 13.5 Å². The average Bonchev–Trinajstić information content (AvgIpc) is 2.88. The summed E-state index contributed by atoms with van der Waals surface area (Å²) in [6.07, 6.45) is 4.78. The van der Waals surface area contributed by atoms with E-state index >= 15 is 0 Å². The molecule has 3 nitrogen and oxygen atoms in total. The fraction of sp³-hybridized carbons (Fsp3) is 0.417. The minimum atomic E-state index is 0.379. The monoisotopic (exact) mass is 313 g/mol. The van der Waals surface area contributed by atoms with Crippen molar-refractivity contribution in [1.82, 2.24) is 14.9 Å². The number of nitrogens with one attached hydrogen (secondary N) is 1. The Morgan fingerprint density at radius 1 is 1.59 bits per heavy atom. The van der Waals surface area contributed by atoms with Gasteiger partial charge in [-0.15, -0.1) is 11.3 Å². The van der Waals surface area contributed by atoms with Crippen LogP contribution in [0.1, 0.15) is 23.7 Å². The van der Waals surface area contributed by atoms with Gasteiger partial charge in [-0.2, -0.15) is 0 Å². The number of nitrogens with zero attached hydrogens (tertiary/aromatic N) is 2. The highest BCUT2D eigenvalue weighted by Crippen LogP contribution is 2.28. The van der Waals surface area contributed by atoms with Crippen molar-refractivity contribution in [2.24, 2.45) is 7.05 Å². The van der Waals surface area contributed by atoms with Crippen molar-refractivity contribution in [2.75, 3.05) is 6.54 Å². The zero-order valence-corrected chi connectivity index (χ0v) is 12.4. The van der Waals surface area contributed by atoms with Gasteiger partial charge >= 0.3 is 0 Å². The zero-order valence-electron chi connectivity index (χ0n) is 9.98. The van der Waals surface area contributed by atoms with Gasteiger partial charge in [-0.25, -0.2) is 4.98 Å². The Bertz CT molecular complexity index is 478. The molecule has 0 fully saturated rings. The van der Waals surface area contributed by atoms with E-state index in [1.807, 2.05) is 19.4 Å². The first-order valence-corrected chi connectivity index (χ1v) is 7.28. The summed E-state index contributed by atoms with van der Waals surface area (Å²) in [5.41, 5.74) is 0. The number of hydrogen-bond donors (Lipinski definition) is 1. The molecule has 0 saturated heterocycles. The number of thiophene rings is 1. The Balaban J connectivity index is 1.83. The normalized spacial score (nSPS) is 12.9. The van der Waals surface area contributed by atoms with Gasteiger partial charge in [-0.3, -0.25) is 0 Å². The number of rotatable bonds is 5. The maximum absolute atomic E-state index is 4.31. The third kappa shape index (κ3) is 3.18. The van der Waals surface area contributed by atoms with E-state index in [4.69, 9.17) is 0 Å². The summed E-state index contributed by atoms with van der Waals surface area (Å²) in [5, 5.41) is 5.63. The van der Waals surface area contributed by atoms with Crippen LogP contribution in [-0.4, -0.2) is 16.1 Å². The average molecular weight is 314 g/mol. The minimum absolute atomic E-state index is 0.379. The largest absolute Gasteiger partial charge is 0.338 e. The van der Waals surface area contributed by atoms with Crippen LogP contribution in [0.15, 0.2) is 28.3 Å². The molecule has 1 unspecified atom stereocenters.